The molecule has 184 valence electrons. The van der Waals surface area contributed by atoms with Crippen molar-refractivity contribution in [3.63, 3.8) is 0 Å². The Hall–Kier alpha value is -3.49. The van der Waals surface area contributed by atoms with Gasteiger partial charge in [0.25, 0.3) is 0 Å². The van der Waals surface area contributed by atoms with Crippen LogP contribution in [-0.2, 0) is 26.0 Å². The van der Waals surface area contributed by atoms with Gasteiger partial charge in [0.05, 0.1) is 17.1 Å². The van der Waals surface area contributed by atoms with E-state index in [-0.39, 0.29) is 11.3 Å². The second-order valence-corrected chi connectivity index (χ2v) is 9.95. The van der Waals surface area contributed by atoms with Crippen molar-refractivity contribution in [2.75, 3.05) is 11.9 Å². The van der Waals surface area contributed by atoms with Crippen molar-refractivity contribution < 1.29 is 22.7 Å². The fourth-order valence-corrected chi connectivity index (χ4v) is 4.52. The number of ether oxygens (including phenoxy) is 1. The van der Waals surface area contributed by atoms with Crippen LogP contribution < -0.4 is 10.0 Å². The summed E-state index contributed by atoms with van der Waals surface area (Å²) in [6, 6.07) is 20.8. The van der Waals surface area contributed by atoms with Crippen LogP contribution in [0, 0.1) is 6.92 Å². The van der Waals surface area contributed by atoms with Crippen LogP contribution in [0.3, 0.4) is 0 Å². The van der Waals surface area contributed by atoms with Crippen molar-refractivity contribution in [2.45, 2.75) is 44.0 Å². The van der Waals surface area contributed by atoms with E-state index < -0.39 is 27.9 Å². The average Bonchev–Trinajstić information content (AvgIpc) is 2.85. The number of hydrogen-bond acceptors (Lipinski definition) is 5. The number of amides is 1. The maximum absolute atomic E-state index is 13.1. The Morgan fingerprint density at radius 2 is 1.57 bits per heavy atom. The van der Waals surface area contributed by atoms with Crippen LogP contribution in [0.25, 0.3) is 0 Å². The van der Waals surface area contributed by atoms with Gasteiger partial charge in [-0.15, -0.1) is 0 Å². The molecule has 7 nitrogen and oxygen atoms in total. The molecule has 0 fully saturated rings. The molecule has 0 spiro atoms. The van der Waals surface area contributed by atoms with Gasteiger partial charge < -0.3 is 10.1 Å². The highest BCUT2D eigenvalue weighted by Crippen LogP contribution is 2.15. The summed E-state index contributed by atoms with van der Waals surface area (Å²) in [6.07, 6.45) is 1.89. The molecule has 0 saturated heterocycles. The molecule has 0 heterocycles. The van der Waals surface area contributed by atoms with Crippen molar-refractivity contribution in [2.24, 2.45) is 0 Å². The van der Waals surface area contributed by atoms with Gasteiger partial charge in [0, 0.05) is 5.69 Å². The molecule has 0 aliphatic rings. The maximum Gasteiger partial charge on any atom is 0.338 e. The van der Waals surface area contributed by atoms with Gasteiger partial charge in [-0.2, -0.15) is 4.72 Å². The molecule has 0 aliphatic carbocycles. The first-order valence-electron chi connectivity index (χ1n) is 11.5. The molecule has 3 aromatic carbocycles. The molecule has 8 heteroatoms. The van der Waals surface area contributed by atoms with E-state index in [1.54, 1.807) is 36.4 Å². The van der Waals surface area contributed by atoms with Crippen LogP contribution >= 0.6 is 0 Å². The number of sulfonamides is 1. The first kappa shape index (κ1) is 26.1. The van der Waals surface area contributed by atoms with Crippen LogP contribution in [0.4, 0.5) is 5.69 Å². The SMILES string of the molecule is CCCCOC(=O)c1ccc(NC(=O)[C@@H](Cc2ccccc2)NS(=O)(=O)c2ccc(C)cc2)cc1. The number of anilines is 1. The van der Waals surface area contributed by atoms with Crippen molar-refractivity contribution in [1.82, 2.24) is 4.72 Å². The highest BCUT2D eigenvalue weighted by atomic mass is 32.2. The van der Waals surface area contributed by atoms with E-state index in [1.165, 1.54) is 12.1 Å². The van der Waals surface area contributed by atoms with E-state index >= 15 is 0 Å². The third kappa shape index (κ3) is 7.77. The molecule has 35 heavy (non-hydrogen) atoms. The fraction of sp³-hybridized carbons (Fsp3) is 0.259. The summed E-state index contributed by atoms with van der Waals surface area (Å²) in [5.74, 6) is -0.938. The summed E-state index contributed by atoms with van der Waals surface area (Å²) in [7, 11) is -3.93. The molecule has 1 atom stereocenters. The number of nitrogens with one attached hydrogen (secondary N) is 2. The largest absolute Gasteiger partial charge is 0.462 e. The van der Waals surface area contributed by atoms with Gasteiger partial charge >= 0.3 is 5.97 Å². The molecule has 0 unspecified atom stereocenters. The number of carbonyl (C=O) groups is 2. The summed E-state index contributed by atoms with van der Waals surface area (Å²) in [6.45, 7) is 4.24. The number of carbonyl (C=O) groups excluding carboxylic acids is 2. The maximum atomic E-state index is 13.1. The quantitative estimate of drug-likeness (QED) is 0.302. The summed E-state index contributed by atoms with van der Waals surface area (Å²) >= 11 is 0. The molecule has 0 saturated carbocycles. The van der Waals surface area contributed by atoms with E-state index in [0.29, 0.717) is 17.9 Å². The Kier molecular flexibility index (Phi) is 9.17. The summed E-state index contributed by atoms with van der Waals surface area (Å²) < 4.78 is 33.7. The van der Waals surface area contributed by atoms with Crippen LogP contribution in [-0.4, -0.2) is 32.9 Å². The molecule has 3 aromatic rings. The lowest BCUT2D eigenvalue weighted by atomic mass is 10.1. The molecule has 0 aromatic heterocycles. The molecule has 0 bridgehead atoms. The van der Waals surface area contributed by atoms with Crippen LogP contribution in [0.15, 0.2) is 83.8 Å². The predicted octanol–water partition coefficient (Wildman–Crippen LogP) is 4.48. The summed E-state index contributed by atoms with van der Waals surface area (Å²) in [5, 5.41) is 2.75. The normalized spacial score (nSPS) is 12.1. The number of esters is 1. The first-order chi connectivity index (χ1) is 16.8. The average molecular weight is 495 g/mol. The Bertz CT molecular complexity index is 1220. The van der Waals surface area contributed by atoms with Gasteiger partial charge in [0.2, 0.25) is 15.9 Å². The highest BCUT2D eigenvalue weighted by molar-refractivity contribution is 7.89. The molecule has 1 amide bonds. The lowest BCUT2D eigenvalue weighted by Gasteiger charge is -2.19. The monoisotopic (exact) mass is 494 g/mol. The number of aryl methyl sites for hydroxylation is 1. The zero-order valence-corrected chi connectivity index (χ0v) is 20.7. The van der Waals surface area contributed by atoms with E-state index in [4.69, 9.17) is 4.74 Å². The third-order valence-electron chi connectivity index (χ3n) is 5.35. The van der Waals surface area contributed by atoms with Gasteiger partial charge in [-0.05, 0) is 61.7 Å². The minimum atomic E-state index is -3.93. The van der Waals surface area contributed by atoms with Gasteiger partial charge in [0.1, 0.15) is 6.04 Å². The van der Waals surface area contributed by atoms with Gasteiger partial charge in [-0.3, -0.25) is 4.79 Å². The highest BCUT2D eigenvalue weighted by Gasteiger charge is 2.26. The second kappa shape index (κ2) is 12.3. The Labute approximate surface area is 206 Å². The number of unbranched alkanes of at least 4 members (excludes halogenated alkanes) is 1. The zero-order chi connectivity index (χ0) is 25.3. The predicted molar refractivity (Wildman–Crippen MR) is 136 cm³/mol. The molecule has 2 N–H and O–H groups in total. The lowest BCUT2D eigenvalue weighted by Crippen LogP contribution is -2.45. The second-order valence-electron chi connectivity index (χ2n) is 8.23. The topological polar surface area (TPSA) is 102 Å². The number of rotatable bonds is 11. The summed E-state index contributed by atoms with van der Waals surface area (Å²) in [4.78, 5) is 25.3. The smallest absolute Gasteiger partial charge is 0.338 e. The molecular weight excluding hydrogens is 464 g/mol. The van der Waals surface area contributed by atoms with E-state index in [2.05, 4.69) is 10.0 Å². The Morgan fingerprint density at radius 1 is 0.914 bits per heavy atom. The van der Waals surface area contributed by atoms with Crippen LogP contribution in [0.2, 0.25) is 0 Å². The lowest BCUT2D eigenvalue weighted by molar-refractivity contribution is -0.117. The van der Waals surface area contributed by atoms with Crippen molar-refractivity contribution >= 4 is 27.6 Å². The van der Waals surface area contributed by atoms with Gasteiger partial charge in [-0.25, -0.2) is 13.2 Å². The molecule has 3 rings (SSSR count). The Balaban J connectivity index is 1.75. The van der Waals surface area contributed by atoms with Crippen LogP contribution in [0.1, 0.15) is 41.3 Å². The standard InChI is InChI=1S/C27H30N2O5S/c1-3-4-18-34-27(31)22-12-14-23(15-13-22)28-26(30)25(19-21-8-6-5-7-9-21)29-35(32,33)24-16-10-20(2)11-17-24/h5-17,25,29H,3-4,18-19H2,1-2H3,(H,28,30)/t25-/m1/s1. The number of hydrogen-bond donors (Lipinski definition) is 2. The minimum Gasteiger partial charge on any atom is -0.462 e. The van der Waals surface area contributed by atoms with Crippen molar-refractivity contribution in [3.8, 4) is 0 Å². The van der Waals surface area contributed by atoms with Gasteiger partial charge in [0.15, 0.2) is 0 Å². The molecular formula is C27H30N2O5S. The van der Waals surface area contributed by atoms with E-state index in [0.717, 1.165) is 24.0 Å². The van der Waals surface area contributed by atoms with E-state index in [1.807, 2.05) is 44.2 Å². The van der Waals surface area contributed by atoms with E-state index in [9.17, 15) is 18.0 Å². The molecule has 0 aliphatic heterocycles. The van der Waals surface area contributed by atoms with Gasteiger partial charge in [-0.1, -0.05) is 61.4 Å². The van der Waals surface area contributed by atoms with Crippen molar-refractivity contribution in [1.29, 1.82) is 0 Å². The number of benzene rings is 3. The minimum absolute atomic E-state index is 0.0832. The third-order valence-corrected chi connectivity index (χ3v) is 6.83. The van der Waals surface area contributed by atoms with Crippen LogP contribution in [0.5, 0.6) is 0 Å². The zero-order valence-electron chi connectivity index (χ0n) is 19.9. The summed E-state index contributed by atoms with van der Waals surface area (Å²) in [5.41, 5.74) is 2.55. The fourth-order valence-electron chi connectivity index (χ4n) is 3.32. The molecule has 0 radical (unpaired) electrons. The first-order valence-corrected chi connectivity index (χ1v) is 13.0. The Morgan fingerprint density at radius 3 is 2.20 bits per heavy atom. The van der Waals surface area contributed by atoms with Crippen molar-refractivity contribution in [3.05, 3.63) is 95.6 Å².